The second-order valence-corrected chi connectivity index (χ2v) is 7.19. The second kappa shape index (κ2) is 6.96. The second-order valence-electron chi connectivity index (χ2n) is 7.19. The quantitative estimate of drug-likeness (QED) is 0.659. The summed E-state index contributed by atoms with van der Waals surface area (Å²) in [5.41, 5.74) is 2.93. The van der Waals surface area contributed by atoms with Gasteiger partial charge in [0.2, 0.25) is 0 Å². The molecule has 1 aromatic rings. The molecule has 1 aliphatic carbocycles. The minimum Gasteiger partial charge on any atom is -0.371 e. The van der Waals surface area contributed by atoms with Crippen molar-refractivity contribution in [2.75, 3.05) is 0 Å². The molecule has 0 spiro atoms. The van der Waals surface area contributed by atoms with Crippen molar-refractivity contribution >= 4 is 0 Å². The van der Waals surface area contributed by atoms with Gasteiger partial charge in [0.1, 0.15) is 0 Å². The van der Waals surface area contributed by atoms with E-state index in [0.29, 0.717) is 12.2 Å². The molecule has 1 saturated heterocycles. The maximum atomic E-state index is 5.97. The number of hydrogen-bond acceptors (Lipinski definition) is 1. The zero-order valence-electron chi connectivity index (χ0n) is 13.7. The number of benzene rings is 1. The van der Waals surface area contributed by atoms with E-state index in [1.165, 1.54) is 56.9 Å². The fourth-order valence-electron chi connectivity index (χ4n) is 4.22. The summed E-state index contributed by atoms with van der Waals surface area (Å²) in [6.07, 6.45) is 11.6. The average Bonchev–Trinajstić information content (AvgIpc) is 2.95. The monoisotopic (exact) mass is 286 g/mol. The third-order valence-electron chi connectivity index (χ3n) is 5.56. The molecule has 2 unspecified atom stereocenters. The maximum absolute atomic E-state index is 5.97. The molecule has 1 heteroatoms. The number of ether oxygens (including phenoxy) is 1. The summed E-state index contributed by atoms with van der Waals surface area (Å²) in [6, 6.07) is 9.37. The minimum absolute atomic E-state index is 0.342. The molecule has 1 aliphatic heterocycles. The molecule has 0 radical (unpaired) electrons. The molecule has 1 aromatic carbocycles. The lowest BCUT2D eigenvalue weighted by molar-refractivity contribution is 0.0555. The standard InChI is InChI=1S/C20H30O/c1-3-4-16-6-8-17(9-7-16)18-10-12-19(13-11-18)20-14-5-15(2)21-20/h10-13,15-17,20H,3-9,14H2,1-2H3. The first-order chi connectivity index (χ1) is 10.3. The van der Waals surface area contributed by atoms with Crippen molar-refractivity contribution in [2.24, 2.45) is 5.92 Å². The van der Waals surface area contributed by atoms with Gasteiger partial charge in [-0.1, -0.05) is 44.0 Å². The van der Waals surface area contributed by atoms with Crippen molar-refractivity contribution in [3.05, 3.63) is 35.4 Å². The zero-order valence-corrected chi connectivity index (χ0v) is 13.7. The Bertz CT molecular complexity index is 428. The summed E-state index contributed by atoms with van der Waals surface area (Å²) < 4.78 is 5.97. The van der Waals surface area contributed by atoms with E-state index in [1.54, 1.807) is 5.56 Å². The summed E-state index contributed by atoms with van der Waals surface area (Å²) in [5.74, 6) is 1.80. The predicted molar refractivity (Wildman–Crippen MR) is 88.6 cm³/mol. The van der Waals surface area contributed by atoms with Crippen LogP contribution < -0.4 is 0 Å². The lowest BCUT2D eigenvalue weighted by Gasteiger charge is -2.28. The molecule has 0 N–H and O–H groups in total. The van der Waals surface area contributed by atoms with Gasteiger partial charge in [0.15, 0.2) is 0 Å². The first-order valence-electron chi connectivity index (χ1n) is 9.01. The van der Waals surface area contributed by atoms with Gasteiger partial charge >= 0.3 is 0 Å². The SMILES string of the molecule is CCCC1CCC(c2ccc(C3CCC(C)O3)cc2)CC1. The van der Waals surface area contributed by atoms with Gasteiger partial charge in [-0.15, -0.1) is 0 Å². The average molecular weight is 286 g/mol. The fourth-order valence-corrected chi connectivity index (χ4v) is 4.22. The van der Waals surface area contributed by atoms with E-state index in [2.05, 4.69) is 38.1 Å². The lowest BCUT2D eigenvalue weighted by Crippen LogP contribution is -2.13. The summed E-state index contributed by atoms with van der Waals surface area (Å²) >= 11 is 0. The summed E-state index contributed by atoms with van der Waals surface area (Å²) in [6.45, 7) is 4.50. The Kier molecular flexibility index (Phi) is 5.00. The van der Waals surface area contributed by atoms with Crippen molar-refractivity contribution in [2.45, 2.75) is 83.3 Å². The van der Waals surface area contributed by atoms with Crippen LogP contribution in [0, 0.1) is 5.92 Å². The fraction of sp³-hybridized carbons (Fsp3) is 0.700. The van der Waals surface area contributed by atoms with Crippen LogP contribution in [0.25, 0.3) is 0 Å². The van der Waals surface area contributed by atoms with Crippen LogP contribution in [0.1, 0.15) is 88.4 Å². The molecule has 116 valence electrons. The van der Waals surface area contributed by atoms with Crippen LogP contribution in [0.5, 0.6) is 0 Å². The first-order valence-corrected chi connectivity index (χ1v) is 9.01. The van der Waals surface area contributed by atoms with E-state index >= 15 is 0 Å². The Hall–Kier alpha value is -0.820. The maximum Gasteiger partial charge on any atom is 0.0829 e. The Labute approximate surface area is 130 Å². The molecule has 2 atom stereocenters. The van der Waals surface area contributed by atoms with E-state index < -0.39 is 0 Å². The van der Waals surface area contributed by atoms with Crippen LogP contribution in [0.15, 0.2) is 24.3 Å². The van der Waals surface area contributed by atoms with E-state index in [9.17, 15) is 0 Å². The molecule has 0 amide bonds. The summed E-state index contributed by atoms with van der Waals surface area (Å²) in [5, 5.41) is 0. The van der Waals surface area contributed by atoms with Gasteiger partial charge in [-0.05, 0) is 68.4 Å². The van der Waals surface area contributed by atoms with Crippen LogP contribution in [-0.2, 0) is 4.74 Å². The molecule has 2 fully saturated rings. The van der Waals surface area contributed by atoms with Crippen LogP contribution in [0.4, 0.5) is 0 Å². The lowest BCUT2D eigenvalue weighted by atomic mass is 9.77. The Balaban J connectivity index is 1.57. The molecular formula is C20H30O. The van der Waals surface area contributed by atoms with Crippen molar-refractivity contribution in [1.29, 1.82) is 0 Å². The van der Waals surface area contributed by atoms with Crippen molar-refractivity contribution < 1.29 is 4.74 Å². The van der Waals surface area contributed by atoms with Gasteiger partial charge in [-0.2, -0.15) is 0 Å². The van der Waals surface area contributed by atoms with E-state index in [0.717, 1.165) is 11.8 Å². The van der Waals surface area contributed by atoms with Gasteiger partial charge in [0.25, 0.3) is 0 Å². The topological polar surface area (TPSA) is 9.23 Å². The van der Waals surface area contributed by atoms with Gasteiger partial charge in [0.05, 0.1) is 12.2 Å². The summed E-state index contributed by atoms with van der Waals surface area (Å²) in [7, 11) is 0. The summed E-state index contributed by atoms with van der Waals surface area (Å²) in [4.78, 5) is 0. The highest BCUT2D eigenvalue weighted by Gasteiger charge is 2.24. The third-order valence-corrected chi connectivity index (χ3v) is 5.56. The van der Waals surface area contributed by atoms with Crippen LogP contribution in [0.2, 0.25) is 0 Å². The highest BCUT2D eigenvalue weighted by Crippen LogP contribution is 2.38. The van der Waals surface area contributed by atoms with Crippen LogP contribution in [0.3, 0.4) is 0 Å². The highest BCUT2D eigenvalue weighted by molar-refractivity contribution is 5.27. The van der Waals surface area contributed by atoms with Crippen molar-refractivity contribution in [3.8, 4) is 0 Å². The number of hydrogen-bond donors (Lipinski definition) is 0. The molecule has 1 saturated carbocycles. The van der Waals surface area contributed by atoms with Crippen LogP contribution in [-0.4, -0.2) is 6.10 Å². The number of rotatable bonds is 4. The van der Waals surface area contributed by atoms with Gasteiger partial charge in [-0.25, -0.2) is 0 Å². The highest BCUT2D eigenvalue weighted by atomic mass is 16.5. The molecule has 2 aliphatic rings. The van der Waals surface area contributed by atoms with E-state index in [4.69, 9.17) is 4.74 Å². The molecule has 0 aromatic heterocycles. The largest absolute Gasteiger partial charge is 0.371 e. The molecule has 1 nitrogen and oxygen atoms in total. The molecular weight excluding hydrogens is 256 g/mol. The smallest absolute Gasteiger partial charge is 0.0829 e. The van der Waals surface area contributed by atoms with Crippen molar-refractivity contribution in [3.63, 3.8) is 0 Å². The van der Waals surface area contributed by atoms with Gasteiger partial charge in [-0.3, -0.25) is 0 Å². The Morgan fingerprint density at radius 1 is 0.905 bits per heavy atom. The Morgan fingerprint density at radius 2 is 1.57 bits per heavy atom. The molecule has 21 heavy (non-hydrogen) atoms. The first kappa shape index (κ1) is 15.1. The predicted octanol–water partition coefficient (Wildman–Crippen LogP) is 6.00. The normalized spacial score (nSPS) is 33.2. The molecule has 1 heterocycles. The van der Waals surface area contributed by atoms with Gasteiger partial charge in [0, 0.05) is 0 Å². The van der Waals surface area contributed by atoms with E-state index in [1.807, 2.05) is 0 Å². The van der Waals surface area contributed by atoms with Gasteiger partial charge < -0.3 is 4.74 Å². The third kappa shape index (κ3) is 3.69. The van der Waals surface area contributed by atoms with Crippen LogP contribution >= 0.6 is 0 Å². The van der Waals surface area contributed by atoms with Crippen molar-refractivity contribution in [1.82, 2.24) is 0 Å². The zero-order chi connectivity index (χ0) is 14.7. The molecule has 0 bridgehead atoms. The Morgan fingerprint density at radius 3 is 2.14 bits per heavy atom. The minimum atomic E-state index is 0.342. The molecule has 3 rings (SSSR count). The van der Waals surface area contributed by atoms with E-state index in [-0.39, 0.29) is 0 Å².